The Morgan fingerprint density at radius 1 is 1.33 bits per heavy atom. The van der Waals surface area contributed by atoms with Gasteiger partial charge in [-0.05, 0) is 18.5 Å². The minimum absolute atomic E-state index is 0.724. The van der Waals surface area contributed by atoms with E-state index in [0.29, 0.717) is 0 Å². The van der Waals surface area contributed by atoms with E-state index < -0.39 is 0 Å². The minimum atomic E-state index is 0.724. The van der Waals surface area contributed by atoms with Crippen molar-refractivity contribution in [2.24, 2.45) is 13.0 Å². The molecule has 0 amide bonds. The Morgan fingerprint density at radius 2 is 2.07 bits per heavy atom. The number of hydrogen-bond donors (Lipinski definition) is 2. The average molecular weight is 210 g/mol. The first-order chi connectivity index (χ1) is 7.20. The molecule has 0 aliphatic heterocycles. The number of nitrogens with one attached hydrogen (secondary N) is 2. The molecule has 1 rings (SSSR count). The number of rotatable bonds is 7. The molecule has 1 aromatic rings. The molecular weight excluding hydrogens is 188 g/mol. The second-order valence-electron chi connectivity index (χ2n) is 4.22. The van der Waals surface area contributed by atoms with Crippen molar-refractivity contribution in [3.63, 3.8) is 0 Å². The average Bonchev–Trinajstić information content (AvgIpc) is 2.57. The lowest BCUT2D eigenvalue weighted by molar-refractivity contribution is 0.530. The van der Waals surface area contributed by atoms with Crippen molar-refractivity contribution < 1.29 is 0 Å². The van der Waals surface area contributed by atoms with Crippen molar-refractivity contribution in [1.29, 1.82) is 0 Å². The first kappa shape index (κ1) is 12.2. The summed E-state index contributed by atoms with van der Waals surface area (Å²) in [5.74, 6) is 0.724. The first-order valence-corrected chi connectivity index (χ1v) is 5.58. The predicted octanol–water partition coefficient (Wildman–Crippen LogP) is 0.755. The summed E-state index contributed by atoms with van der Waals surface area (Å²) in [7, 11) is 1.97. The number of hydrogen-bond acceptors (Lipinski definition) is 3. The zero-order valence-electron chi connectivity index (χ0n) is 9.95. The molecule has 15 heavy (non-hydrogen) atoms. The standard InChI is InChI=1S/C11H22N4/c1-10(2)8-12-6-7-13-9-11-4-5-14-15(11)3/h4-5,10,12-13H,6-9H2,1-3H3. The van der Waals surface area contributed by atoms with Gasteiger partial charge in [0.1, 0.15) is 0 Å². The molecule has 0 saturated heterocycles. The van der Waals surface area contributed by atoms with Gasteiger partial charge in [-0.3, -0.25) is 4.68 Å². The second-order valence-corrected chi connectivity index (χ2v) is 4.22. The van der Waals surface area contributed by atoms with E-state index in [1.165, 1.54) is 5.69 Å². The molecule has 0 spiro atoms. The molecule has 0 aliphatic carbocycles. The maximum Gasteiger partial charge on any atom is 0.0518 e. The van der Waals surface area contributed by atoms with Crippen LogP contribution in [-0.4, -0.2) is 29.4 Å². The maximum absolute atomic E-state index is 4.12. The summed E-state index contributed by atoms with van der Waals surface area (Å²) < 4.78 is 1.90. The molecule has 0 aromatic carbocycles. The Labute approximate surface area is 92.1 Å². The fraction of sp³-hybridized carbons (Fsp3) is 0.727. The van der Waals surface area contributed by atoms with Gasteiger partial charge in [0.15, 0.2) is 0 Å². The van der Waals surface area contributed by atoms with Crippen LogP contribution in [0.2, 0.25) is 0 Å². The van der Waals surface area contributed by atoms with Crippen LogP contribution in [0.1, 0.15) is 19.5 Å². The topological polar surface area (TPSA) is 41.9 Å². The van der Waals surface area contributed by atoms with E-state index in [1.807, 2.05) is 24.0 Å². The molecule has 0 unspecified atom stereocenters. The van der Waals surface area contributed by atoms with Gasteiger partial charge in [-0.1, -0.05) is 13.8 Å². The molecule has 1 heterocycles. The van der Waals surface area contributed by atoms with Gasteiger partial charge in [0.2, 0.25) is 0 Å². The Hall–Kier alpha value is -0.870. The molecule has 4 nitrogen and oxygen atoms in total. The van der Waals surface area contributed by atoms with E-state index in [-0.39, 0.29) is 0 Å². The fourth-order valence-corrected chi connectivity index (χ4v) is 1.36. The fourth-order valence-electron chi connectivity index (χ4n) is 1.36. The second kappa shape index (κ2) is 6.58. The van der Waals surface area contributed by atoms with Crippen LogP contribution in [0.5, 0.6) is 0 Å². The van der Waals surface area contributed by atoms with E-state index in [1.54, 1.807) is 0 Å². The van der Waals surface area contributed by atoms with Crippen LogP contribution in [0.4, 0.5) is 0 Å². The van der Waals surface area contributed by atoms with Gasteiger partial charge < -0.3 is 10.6 Å². The summed E-state index contributed by atoms with van der Waals surface area (Å²) in [6, 6.07) is 2.04. The van der Waals surface area contributed by atoms with Crippen molar-refractivity contribution in [2.45, 2.75) is 20.4 Å². The van der Waals surface area contributed by atoms with Crippen LogP contribution in [-0.2, 0) is 13.6 Å². The molecule has 0 aliphatic rings. The third kappa shape index (κ3) is 4.95. The lowest BCUT2D eigenvalue weighted by atomic mass is 10.2. The lowest BCUT2D eigenvalue weighted by Crippen LogP contribution is -2.29. The normalized spacial score (nSPS) is 11.2. The van der Waals surface area contributed by atoms with Crippen LogP contribution >= 0.6 is 0 Å². The van der Waals surface area contributed by atoms with Gasteiger partial charge in [0, 0.05) is 32.9 Å². The third-order valence-corrected chi connectivity index (χ3v) is 2.26. The van der Waals surface area contributed by atoms with Crippen LogP contribution < -0.4 is 10.6 Å². The van der Waals surface area contributed by atoms with Crippen molar-refractivity contribution in [2.75, 3.05) is 19.6 Å². The Balaban J connectivity index is 2.00. The molecule has 0 atom stereocenters. The van der Waals surface area contributed by atoms with Gasteiger partial charge in [-0.15, -0.1) is 0 Å². The monoisotopic (exact) mass is 210 g/mol. The summed E-state index contributed by atoms with van der Waals surface area (Å²) in [5.41, 5.74) is 1.22. The molecular formula is C11H22N4. The van der Waals surface area contributed by atoms with E-state index in [0.717, 1.165) is 32.1 Å². The van der Waals surface area contributed by atoms with E-state index >= 15 is 0 Å². The highest BCUT2D eigenvalue weighted by atomic mass is 15.3. The number of aromatic nitrogens is 2. The van der Waals surface area contributed by atoms with Gasteiger partial charge in [0.25, 0.3) is 0 Å². The SMILES string of the molecule is CC(C)CNCCNCc1ccnn1C. The van der Waals surface area contributed by atoms with E-state index in [2.05, 4.69) is 29.6 Å². The highest BCUT2D eigenvalue weighted by molar-refractivity contribution is 4.98. The largest absolute Gasteiger partial charge is 0.315 e. The summed E-state index contributed by atoms with van der Waals surface area (Å²) in [5, 5.41) is 10.9. The third-order valence-electron chi connectivity index (χ3n) is 2.26. The van der Waals surface area contributed by atoms with Gasteiger partial charge in [-0.2, -0.15) is 5.10 Å². The summed E-state index contributed by atoms with van der Waals surface area (Å²) in [6.45, 7) is 8.44. The quantitative estimate of drug-likeness (QED) is 0.653. The zero-order valence-corrected chi connectivity index (χ0v) is 9.95. The molecule has 86 valence electrons. The van der Waals surface area contributed by atoms with Gasteiger partial charge in [-0.25, -0.2) is 0 Å². The van der Waals surface area contributed by atoms with Gasteiger partial charge >= 0.3 is 0 Å². The Kier molecular flexibility index (Phi) is 5.36. The minimum Gasteiger partial charge on any atom is -0.315 e. The molecule has 4 heteroatoms. The first-order valence-electron chi connectivity index (χ1n) is 5.58. The maximum atomic E-state index is 4.12. The number of nitrogens with zero attached hydrogens (tertiary/aromatic N) is 2. The Bertz CT molecular complexity index is 267. The number of aryl methyl sites for hydroxylation is 1. The predicted molar refractivity (Wildman–Crippen MR) is 62.6 cm³/mol. The van der Waals surface area contributed by atoms with E-state index in [4.69, 9.17) is 0 Å². The van der Waals surface area contributed by atoms with Crippen LogP contribution in [0.15, 0.2) is 12.3 Å². The van der Waals surface area contributed by atoms with Crippen LogP contribution in [0.25, 0.3) is 0 Å². The van der Waals surface area contributed by atoms with Crippen molar-refractivity contribution >= 4 is 0 Å². The molecule has 0 radical (unpaired) electrons. The highest BCUT2D eigenvalue weighted by Gasteiger charge is 1.97. The summed E-state index contributed by atoms with van der Waals surface area (Å²) >= 11 is 0. The Morgan fingerprint density at radius 3 is 2.67 bits per heavy atom. The highest BCUT2D eigenvalue weighted by Crippen LogP contribution is 1.94. The molecule has 2 N–H and O–H groups in total. The van der Waals surface area contributed by atoms with Crippen LogP contribution in [0, 0.1) is 5.92 Å². The van der Waals surface area contributed by atoms with Crippen molar-refractivity contribution in [3.8, 4) is 0 Å². The molecule has 0 bridgehead atoms. The molecule has 0 saturated carbocycles. The smallest absolute Gasteiger partial charge is 0.0518 e. The zero-order chi connectivity index (χ0) is 11.1. The molecule has 0 fully saturated rings. The van der Waals surface area contributed by atoms with E-state index in [9.17, 15) is 0 Å². The summed E-state index contributed by atoms with van der Waals surface area (Å²) in [4.78, 5) is 0. The molecule has 1 aromatic heterocycles. The lowest BCUT2D eigenvalue weighted by Gasteiger charge is -2.08. The van der Waals surface area contributed by atoms with Crippen LogP contribution in [0.3, 0.4) is 0 Å². The van der Waals surface area contributed by atoms with Crippen molar-refractivity contribution in [1.82, 2.24) is 20.4 Å². The van der Waals surface area contributed by atoms with Gasteiger partial charge in [0.05, 0.1) is 5.69 Å². The summed E-state index contributed by atoms with van der Waals surface area (Å²) in [6.07, 6.45) is 1.83. The van der Waals surface area contributed by atoms with Crippen molar-refractivity contribution in [3.05, 3.63) is 18.0 Å².